The lowest BCUT2D eigenvalue weighted by Crippen LogP contribution is -2.53. The summed E-state index contributed by atoms with van der Waals surface area (Å²) < 4.78 is 11.5. The van der Waals surface area contributed by atoms with Crippen LogP contribution in [0.3, 0.4) is 0 Å². The van der Waals surface area contributed by atoms with Crippen molar-refractivity contribution in [2.45, 2.75) is 66.1 Å². The average Bonchev–Trinajstić information content (AvgIpc) is 2.92. The first-order chi connectivity index (χ1) is 18.2. The van der Waals surface area contributed by atoms with Crippen LogP contribution < -0.4 is 14.8 Å². The molecule has 0 aliphatic carbocycles. The third-order valence-electron chi connectivity index (χ3n) is 6.87. The average molecular weight is 517 g/mol. The van der Waals surface area contributed by atoms with E-state index >= 15 is 0 Å². The normalized spacial score (nSPS) is 12.4. The largest absolute Gasteiger partial charge is 0.497 e. The summed E-state index contributed by atoms with van der Waals surface area (Å²) in [5, 5.41) is 3.09. The number of rotatable bonds is 12. The fraction of sp³-hybridized carbons (Fsp3) is 0.375. The Bertz CT molecular complexity index is 1230. The molecule has 0 bridgehead atoms. The van der Waals surface area contributed by atoms with Gasteiger partial charge in [-0.2, -0.15) is 0 Å². The number of amides is 2. The number of carbonyl (C=O) groups is 2. The van der Waals surface area contributed by atoms with Crippen molar-refractivity contribution in [3.63, 3.8) is 0 Å². The zero-order valence-corrected chi connectivity index (χ0v) is 23.4. The van der Waals surface area contributed by atoms with Crippen LogP contribution in [0, 0.1) is 20.8 Å². The van der Waals surface area contributed by atoms with Gasteiger partial charge >= 0.3 is 0 Å². The van der Waals surface area contributed by atoms with Gasteiger partial charge in [0, 0.05) is 19.0 Å². The van der Waals surface area contributed by atoms with Crippen molar-refractivity contribution in [1.29, 1.82) is 0 Å². The van der Waals surface area contributed by atoms with Gasteiger partial charge in [0.1, 0.15) is 17.5 Å². The van der Waals surface area contributed by atoms with Gasteiger partial charge in [0.15, 0.2) is 6.61 Å². The number of methoxy groups -OCH3 is 1. The first-order valence-corrected chi connectivity index (χ1v) is 13.2. The van der Waals surface area contributed by atoms with E-state index in [1.807, 2.05) is 95.3 Å². The fourth-order valence-electron chi connectivity index (χ4n) is 4.34. The second kappa shape index (κ2) is 13.7. The number of aryl methyl sites for hydroxylation is 2. The molecular weight excluding hydrogens is 476 g/mol. The van der Waals surface area contributed by atoms with Crippen LogP contribution in [0.1, 0.15) is 48.1 Å². The van der Waals surface area contributed by atoms with Crippen molar-refractivity contribution in [1.82, 2.24) is 10.2 Å². The molecule has 202 valence electrons. The minimum atomic E-state index is -0.714. The van der Waals surface area contributed by atoms with Crippen molar-refractivity contribution >= 4 is 11.8 Å². The van der Waals surface area contributed by atoms with Gasteiger partial charge in [0.2, 0.25) is 5.91 Å². The summed E-state index contributed by atoms with van der Waals surface area (Å²) in [7, 11) is 1.61. The molecule has 0 unspecified atom stereocenters. The summed E-state index contributed by atoms with van der Waals surface area (Å²) in [6, 6.07) is 20.7. The smallest absolute Gasteiger partial charge is 0.261 e. The highest BCUT2D eigenvalue weighted by molar-refractivity contribution is 5.88. The van der Waals surface area contributed by atoms with Crippen LogP contribution in [0.5, 0.6) is 11.5 Å². The first-order valence-electron chi connectivity index (χ1n) is 13.2. The van der Waals surface area contributed by atoms with Crippen LogP contribution in [0.25, 0.3) is 0 Å². The number of nitrogens with one attached hydrogen (secondary N) is 1. The van der Waals surface area contributed by atoms with Crippen LogP contribution >= 0.6 is 0 Å². The zero-order chi connectivity index (χ0) is 27.7. The third kappa shape index (κ3) is 7.85. The van der Waals surface area contributed by atoms with Crippen molar-refractivity contribution < 1.29 is 19.1 Å². The Morgan fingerprint density at radius 2 is 1.66 bits per heavy atom. The molecule has 0 heterocycles. The second-order valence-electron chi connectivity index (χ2n) is 9.89. The first kappa shape index (κ1) is 28.8. The molecule has 0 fully saturated rings. The molecule has 0 aliphatic heterocycles. The summed E-state index contributed by atoms with van der Waals surface area (Å²) in [5.41, 5.74) is 5.02. The lowest BCUT2D eigenvalue weighted by atomic mass is 10.0. The van der Waals surface area contributed by atoms with E-state index in [0.717, 1.165) is 34.2 Å². The minimum absolute atomic E-state index is 0.0105. The lowest BCUT2D eigenvalue weighted by Gasteiger charge is -2.32. The maximum Gasteiger partial charge on any atom is 0.261 e. The molecule has 1 N–H and O–H groups in total. The van der Waals surface area contributed by atoms with Crippen molar-refractivity contribution in [3.05, 3.63) is 94.5 Å². The second-order valence-corrected chi connectivity index (χ2v) is 9.89. The molecule has 6 nitrogen and oxygen atoms in total. The van der Waals surface area contributed by atoms with Gasteiger partial charge < -0.3 is 19.7 Å². The SMILES string of the molecule is CC[C@H](C)NC(=O)[C@H](Cc1ccccc1)N(Cc1cccc(OC)c1)C(=O)COc1cc(C)cc(C)c1C. The molecule has 0 spiro atoms. The van der Waals surface area contributed by atoms with E-state index in [-0.39, 0.29) is 31.0 Å². The molecular formula is C32H40N2O4. The quantitative estimate of drug-likeness (QED) is 0.343. The number of hydrogen-bond acceptors (Lipinski definition) is 4. The molecule has 38 heavy (non-hydrogen) atoms. The Morgan fingerprint density at radius 1 is 0.947 bits per heavy atom. The van der Waals surface area contributed by atoms with Gasteiger partial charge in [-0.1, -0.05) is 55.5 Å². The van der Waals surface area contributed by atoms with Crippen LogP contribution in [0.4, 0.5) is 0 Å². The van der Waals surface area contributed by atoms with Crippen LogP contribution in [-0.4, -0.2) is 42.5 Å². The maximum atomic E-state index is 13.8. The molecule has 0 saturated carbocycles. The number of carbonyl (C=O) groups excluding carboxylic acids is 2. The number of ether oxygens (including phenoxy) is 2. The summed E-state index contributed by atoms with van der Waals surface area (Å²) >= 11 is 0. The van der Waals surface area contributed by atoms with E-state index in [9.17, 15) is 9.59 Å². The summed E-state index contributed by atoms with van der Waals surface area (Å²) in [6.45, 7) is 10.1. The van der Waals surface area contributed by atoms with Crippen molar-refractivity contribution in [3.8, 4) is 11.5 Å². The Labute approximate surface area is 227 Å². The van der Waals surface area contributed by atoms with E-state index in [0.29, 0.717) is 17.9 Å². The number of benzene rings is 3. The molecule has 3 aromatic rings. The molecule has 2 amide bonds. The van der Waals surface area contributed by atoms with Crippen LogP contribution in [0.2, 0.25) is 0 Å². The molecule has 2 atom stereocenters. The molecule has 3 aromatic carbocycles. The summed E-state index contributed by atoms with van der Waals surface area (Å²) in [5.74, 6) is 0.940. The molecule has 0 saturated heterocycles. The van der Waals surface area contributed by atoms with Gasteiger partial charge in [-0.3, -0.25) is 9.59 Å². The van der Waals surface area contributed by atoms with E-state index in [2.05, 4.69) is 11.4 Å². The highest BCUT2D eigenvalue weighted by Gasteiger charge is 2.31. The molecule has 0 aliphatic rings. The molecule has 0 aromatic heterocycles. The highest BCUT2D eigenvalue weighted by Crippen LogP contribution is 2.24. The van der Waals surface area contributed by atoms with Gasteiger partial charge in [-0.25, -0.2) is 0 Å². The Kier molecular flexibility index (Phi) is 10.3. The molecule has 6 heteroatoms. The lowest BCUT2D eigenvalue weighted by molar-refractivity contribution is -0.143. The maximum absolute atomic E-state index is 13.8. The minimum Gasteiger partial charge on any atom is -0.497 e. The summed E-state index contributed by atoms with van der Waals surface area (Å²) in [4.78, 5) is 29.1. The highest BCUT2D eigenvalue weighted by atomic mass is 16.5. The van der Waals surface area contributed by atoms with Crippen molar-refractivity contribution in [2.75, 3.05) is 13.7 Å². The molecule has 0 radical (unpaired) electrons. The van der Waals surface area contributed by atoms with Crippen molar-refractivity contribution in [2.24, 2.45) is 0 Å². The Hall–Kier alpha value is -3.80. The van der Waals surface area contributed by atoms with Gasteiger partial charge in [-0.05, 0) is 80.1 Å². The predicted octanol–water partition coefficient (Wildman–Crippen LogP) is 5.55. The number of nitrogens with zero attached hydrogens (tertiary/aromatic N) is 1. The topological polar surface area (TPSA) is 67.9 Å². The fourth-order valence-corrected chi connectivity index (χ4v) is 4.34. The van der Waals surface area contributed by atoms with E-state index in [4.69, 9.17) is 9.47 Å². The van der Waals surface area contributed by atoms with E-state index in [1.54, 1.807) is 12.0 Å². The Balaban J connectivity index is 1.96. The predicted molar refractivity (Wildman–Crippen MR) is 152 cm³/mol. The van der Waals surface area contributed by atoms with Gasteiger partial charge in [0.05, 0.1) is 7.11 Å². The standard InChI is InChI=1S/C32H40N2O4/c1-7-24(4)33-32(36)29(19-26-12-9-8-10-13-26)34(20-27-14-11-15-28(18-27)37-6)31(35)21-38-30-17-22(2)16-23(3)25(30)5/h8-18,24,29H,7,19-21H2,1-6H3,(H,33,36)/t24-,29-/m0/s1. The monoisotopic (exact) mass is 516 g/mol. The van der Waals surface area contributed by atoms with Gasteiger partial charge in [0.25, 0.3) is 5.91 Å². The zero-order valence-electron chi connectivity index (χ0n) is 23.4. The van der Waals surface area contributed by atoms with Crippen LogP contribution in [-0.2, 0) is 22.6 Å². The third-order valence-corrected chi connectivity index (χ3v) is 6.87. The number of hydrogen-bond donors (Lipinski definition) is 1. The molecule has 3 rings (SSSR count). The van der Waals surface area contributed by atoms with Gasteiger partial charge in [-0.15, -0.1) is 0 Å². The Morgan fingerprint density at radius 3 is 2.34 bits per heavy atom. The van der Waals surface area contributed by atoms with Crippen LogP contribution in [0.15, 0.2) is 66.7 Å². The van der Waals surface area contributed by atoms with E-state index in [1.165, 1.54) is 0 Å². The summed E-state index contributed by atoms with van der Waals surface area (Å²) in [6.07, 6.45) is 1.18. The van der Waals surface area contributed by atoms with E-state index < -0.39 is 6.04 Å².